The first-order valence-electron chi connectivity index (χ1n) is 6.60. The van der Waals surface area contributed by atoms with Gasteiger partial charge in [0.05, 0.1) is 11.4 Å². The maximum absolute atomic E-state index is 9.73. The lowest BCUT2D eigenvalue weighted by Gasteiger charge is -2.18. The SMILES string of the molecule is CC(C)(C)c1nc2ncccn2c1-c1cccc(O)c1. The zero-order chi connectivity index (χ0) is 14.3. The molecule has 4 nitrogen and oxygen atoms in total. The van der Waals surface area contributed by atoms with E-state index in [2.05, 4.69) is 30.7 Å². The van der Waals surface area contributed by atoms with Crippen molar-refractivity contribution in [1.29, 1.82) is 0 Å². The lowest BCUT2D eigenvalue weighted by Crippen LogP contribution is -2.13. The summed E-state index contributed by atoms with van der Waals surface area (Å²) in [7, 11) is 0. The fourth-order valence-electron chi connectivity index (χ4n) is 2.34. The Labute approximate surface area is 117 Å². The smallest absolute Gasteiger partial charge is 0.234 e. The van der Waals surface area contributed by atoms with Gasteiger partial charge in [-0.25, -0.2) is 9.97 Å². The highest BCUT2D eigenvalue weighted by Gasteiger charge is 2.25. The number of hydrogen-bond donors (Lipinski definition) is 1. The number of imidazole rings is 1. The predicted octanol–water partition coefficient (Wildman–Crippen LogP) is 3.40. The Balaban J connectivity index is 2.37. The van der Waals surface area contributed by atoms with Crippen molar-refractivity contribution in [3.63, 3.8) is 0 Å². The van der Waals surface area contributed by atoms with Crippen LogP contribution in [0.1, 0.15) is 26.5 Å². The molecule has 0 saturated carbocycles. The summed E-state index contributed by atoms with van der Waals surface area (Å²) in [6, 6.07) is 9.12. The van der Waals surface area contributed by atoms with Crippen LogP contribution in [-0.2, 0) is 5.41 Å². The van der Waals surface area contributed by atoms with Crippen molar-refractivity contribution in [2.75, 3.05) is 0 Å². The van der Waals surface area contributed by atoms with Crippen molar-refractivity contribution in [3.8, 4) is 17.0 Å². The largest absolute Gasteiger partial charge is 0.508 e. The van der Waals surface area contributed by atoms with Gasteiger partial charge in [0.25, 0.3) is 0 Å². The number of phenolic OH excluding ortho intramolecular Hbond substituents is 1. The van der Waals surface area contributed by atoms with Crippen molar-refractivity contribution < 1.29 is 5.11 Å². The average molecular weight is 267 g/mol. The first-order valence-corrected chi connectivity index (χ1v) is 6.60. The van der Waals surface area contributed by atoms with Gasteiger partial charge in [-0.15, -0.1) is 0 Å². The zero-order valence-corrected chi connectivity index (χ0v) is 11.8. The van der Waals surface area contributed by atoms with Crippen molar-refractivity contribution in [2.24, 2.45) is 0 Å². The van der Waals surface area contributed by atoms with Gasteiger partial charge in [0, 0.05) is 23.4 Å². The third-order valence-electron chi connectivity index (χ3n) is 3.23. The van der Waals surface area contributed by atoms with Crippen molar-refractivity contribution >= 4 is 5.78 Å². The maximum Gasteiger partial charge on any atom is 0.234 e. The summed E-state index contributed by atoms with van der Waals surface area (Å²) >= 11 is 0. The second-order valence-electron chi connectivity index (χ2n) is 5.90. The van der Waals surface area contributed by atoms with Gasteiger partial charge in [-0.3, -0.25) is 4.40 Å². The molecule has 102 valence electrons. The number of aromatic hydroxyl groups is 1. The molecule has 2 heterocycles. The lowest BCUT2D eigenvalue weighted by molar-refractivity contribution is 0.475. The van der Waals surface area contributed by atoms with Crippen LogP contribution in [0.2, 0.25) is 0 Å². The van der Waals surface area contributed by atoms with Gasteiger partial charge in [0.15, 0.2) is 0 Å². The minimum Gasteiger partial charge on any atom is -0.508 e. The van der Waals surface area contributed by atoms with Gasteiger partial charge in [0.1, 0.15) is 5.75 Å². The summed E-state index contributed by atoms with van der Waals surface area (Å²) in [6.45, 7) is 6.38. The first-order chi connectivity index (χ1) is 9.47. The first kappa shape index (κ1) is 12.7. The summed E-state index contributed by atoms with van der Waals surface area (Å²) < 4.78 is 1.97. The minimum absolute atomic E-state index is 0.103. The highest BCUT2D eigenvalue weighted by Crippen LogP contribution is 2.34. The number of aromatic nitrogens is 3. The van der Waals surface area contributed by atoms with Gasteiger partial charge >= 0.3 is 0 Å². The molecule has 0 radical (unpaired) electrons. The van der Waals surface area contributed by atoms with Gasteiger partial charge in [-0.1, -0.05) is 32.9 Å². The van der Waals surface area contributed by atoms with Crippen LogP contribution in [-0.4, -0.2) is 19.5 Å². The van der Waals surface area contributed by atoms with Crippen LogP contribution in [0.15, 0.2) is 42.7 Å². The molecule has 1 aromatic carbocycles. The number of nitrogens with zero attached hydrogens (tertiary/aromatic N) is 3. The Bertz CT molecular complexity index is 769. The summed E-state index contributed by atoms with van der Waals surface area (Å²) in [5.41, 5.74) is 2.79. The van der Waals surface area contributed by atoms with E-state index in [-0.39, 0.29) is 11.2 Å². The van der Waals surface area contributed by atoms with Crippen molar-refractivity contribution in [1.82, 2.24) is 14.4 Å². The zero-order valence-electron chi connectivity index (χ0n) is 11.8. The number of phenols is 1. The molecule has 0 atom stereocenters. The van der Waals surface area contributed by atoms with Crippen LogP contribution < -0.4 is 0 Å². The molecular formula is C16H17N3O. The topological polar surface area (TPSA) is 50.4 Å². The van der Waals surface area contributed by atoms with E-state index in [1.807, 2.05) is 28.8 Å². The summed E-state index contributed by atoms with van der Waals surface area (Å²) in [4.78, 5) is 8.97. The van der Waals surface area contributed by atoms with Crippen molar-refractivity contribution in [3.05, 3.63) is 48.4 Å². The normalized spacial score (nSPS) is 11.9. The van der Waals surface area contributed by atoms with E-state index >= 15 is 0 Å². The molecule has 0 unspecified atom stereocenters. The van der Waals surface area contributed by atoms with Gasteiger partial charge in [-0.05, 0) is 18.2 Å². The second kappa shape index (κ2) is 4.34. The molecule has 20 heavy (non-hydrogen) atoms. The molecule has 0 spiro atoms. The van der Waals surface area contributed by atoms with Crippen LogP contribution in [0, 0.1) is 0 Å². The molecule has 0 aliphatic rings. The van der Waals surface area contributed by atoms with Gasteiger partial charge in [-0.2, -0.15) is 0 Å². The molecule has 0 fully saturated rings. The molecule has 0 aliphatic heterocycles. The fraction of sp³-hybridized carbons (Fsp3) is 0.250. The summed E-state index contributed by atoms with van der Waals surface area (Å²) in [5, 5.41) is 9.73. The maximum atomic E-state index is 9.73. The fourth-order valence-corrected chi connectivity index (χ4v) is 2.34. The van der Waals surface area contributed by atoms with E-state index in [9.17, 15) is 5.11 Å². The van der Waals surface area contributed by atoms with Crippen LogP contribution in [0.3, 0.4) is 0 Å². The number of benzene rings is 1. The van der Waals surface area contributed by atoms with E-state index in [1.54, 1.807) is 18.3 Å². The number of rotatable bonds is 1. The quantitative estimate of drug-likeness (QED) is 0.735. The molecule has 3 aromatic rings. The molecule has 0 aliphatic carbocycles. The molecule has 1 N–H and O–H groups in total. The standard InChI is InChI=1S/C16H17N3O/c1-16(2,3)14-13(11-6-4-7-12(20)10-11)19-9-5-8-17-15(19)18-14/h4-10,20H,1-3H3. The Morgan fingerprint density at radius 2 is 1.95 bits per heavy atom. The second-order valence-corrected chi connectivity index (χ2v) is 5.90. The Morgan fingerprint density at radius 3 is 2.65 bits per heavy atom. The molecule has 0 saturated heterocycles. The van der Waals surface area contributed by atoms with E-state index in [1.165, 1.54) is 0 Å². The molecule has 3 rings (SSSR count). The van der Waals surface area contributed by atoms with E-state index in [4.69, 9.17) is 0 Å². The number of fused-ring (bicyclic) bond motifs is 1. The Hall–Kier alpha value is -2.36. The van der Waals surface area contributed by atoms with Crippen molar-refractivity contribution in [2.45, 2.75) is 26.2 Å². The van der Waals surface area contributed by atoms with E-state index in [0.717, 1.165) is 17.0 Å². The van der Waals surface area contributed by atoms with Gasteiger partial charge < -0.3 is 5.11 Å². The lowest BCUT2D eigenvalue weighted by atomic mass is 9.89. The highest BCUT2D eigenvalue weighted by atomic mass is 16.3. The predicted molar refractivity (Wildman–Crippen MR) is 78.8 cm³/mol. The third-order valence-corrected chi connectivity index (χ3v) is 3.23. The Morgan fingerprint density at radius 1 is 1.15 bits per heavy atom. The van der Waals surface area contributed by atoms with Gasteiger partial charge in [0.2, 0.25) is 5.78 Å². The number of hydrogen-bond acceptors (Lipinski definition) is 3. The van der Waals surface area contributed by atoms with Crippen LogP contribution in [0.25, 0.3) is 17.0 Å². The summed E-state index contributed by atoms with van der Waals surface area (Å²) in [5.74, 6) is 0.928. The molecule has 0 amide bonds. The van der Waals surface area contributed by atoms with E-state index in [0.29, 0.717) is 5.78 Å². The van der Waals surface area contributed by atoms with Crippen LogP contribution >= 0.6 is 0 Å². The average Bonchev–Trinajstić information content (AvgIpc) is 2.78. The van der Waals surface area contributed by atoms with E-state index < -0.39 is 0 Å². The summed E-state index contributed by atoms with van der Waals surface area (Å²) in [6.07, 6.45) is 3.69. The minimum atomic E-state index is -0.103. The van der Waals surface area contributed by atoms with Crippen LogP contribution in [0.4, 0.5) is 0 Å². The third kappa shape index (κ3) is 2.03. The molecular weight excluding hydrogens is 250 g/mol. The molecule has 4 heteroatoms. The Kier molecular flexibility index (Phi) is 2.74. The monoisotopic (exact) mass is 267 g/mol. The molecule has 0 bridgehead atoms. The highest BCUT2D eigenvalue weighted by molar-refractivity contribution is 5.68. The molecule has 2 aromatic heterocycles. The van der Waals surface area contributed by atoms with Crippen LogP contribution in [0.5, 0.6) is 5.75 Å².